The fraction of sp³-hybridized carbons (Fsp3) is 0.145. The van der Waals surface area contributed by atoms with Gasteiger partial charge in [-0.2, -0.15) is 0 Å². The third kappa shape index (κ3) is 20.5. The monoisotopic (exact) mass is 1520 g/mol. The number of fused-ring (bicyclic) bond motifs is 3. The van der Waals surface area contributed by atoms with E-state index in [9.17, 15) is 32.8 Å². The maximum Gasteiger partial charge on any atom is 1.00 e. The quantitative estimate of drug-likeness (QED) is 0.0183. The van der Waals surface area contributed by atoms with E-state index < -0.39 is 54.1 Å². The first kappa shape index (κ1) is 83.5. The molecule has 540 valence electrons. The van der Waals surface area contributed by atoms with E-state index in [0.717, 1.165) is 16.8 Å². The molecule has 0 aliphatic rings. The topological polar surface area (TPSA) is 348 Å². The molecule has 0 bridgehead atoms. The van der Waals surface area contributed by atoms with Gasteiger partial charge in [-0.05, 0) is 112 Å². The Morgan fingerprint density at radius 2 is 0.886 bits per heavy atom. The van der Waals surface area contributed by atoms with Crippen molar-refractivity contribution in [3.8, 4) is 22.3 Å². The fourth-order valence-corrected chi connectivity index (χ4v) is 11.5. The van der Waals surface area contributed by atoms with Gasteiger partial charge in [0.15, 0.2) is 5.58 Å². The molecule has 0 aliphatic carbocycles. The van der Waals surface area contributed by atoms with Crippen molar-refractivity contribution in [2.24, 2.45) is 17.2 Å². The normalized spacial score (nSPS) is 10.5. The van der Waals surface area contributed by atoms with Crippen LogP contribution in [0.25, 0.3) is 55.2 Å². The van der Waals surface area contributed by atoms with Crippen LogP contribution in [-0.2, 0) is 69.3 Å². The molecule has 3 heterocycles. The number of hydrogen-bond donors (Lipinski definition) is 9. The number of carboxylic acid groups (broad SMARTS) is 1. The number of nitrogens with one attached hydrogen (secondary N) is 3. The predicted molar refractivity (Wildman–Crippen MR) is 391 cm³/mol. The van der Waals surface area contributed by atoms with Crippen molar-refractivity contribution >= 4 is 121 Å². The van der Waals surface area contributed by atoms with E-state index in [4.69, 9.17) is 55.1 Å². The Labute approximate surface area is 625 Å². The van der Waals surface area contributed by atoms with Crippen molar-refractivity contribution in [2.75, 3.05) is 29.2 Å². The molecule has 0 saturated heterocycles. The van der Waals surface area contributed by atoms with Gasteiger partial charge in [-0.25, -0.2) is 22.0 Å². The number of anilines is 3. The van der Waals surface area contributed by atoms with Gasteiger partial charge in [-0.1, -0.05) is 115 Å². The number of hydrogen-bond acceptors (Lipinski definition) is 17. The minimum absolute atomic E-state index is 0. The van der Waals surface area contributed by atoms with E-state index in [1.165, 1.54) is 67.3 Å². The van der Waals surface area contributed by atoms with Crippen molar-refractivity contribution in [3.05, 3.63) is 272 Å². The zero-order valence-corrected chi connectivity index (χ0v) is 59.0. The molecule has 29 heteroatoms. The summed E-state index contributed by atoms with van der Waals surface area (Å²) in [5, 5.41) is 35.5. The fourth-order valence-electron chi connectivity index (χ4n) is 10.9. The maximum atomic E-state index is 15.3. The van der Waals surface area contributed by atoms with Gasteiger partial charge in [0.25, 0.3) is 11.8 Å². The summed E-state index contributed by atoms with van der Waals surface area (Å²) in [5.74, 6) is -6.48. The Morgan fingerprint density at radius 1 is 0.476 bits per heavy atom. The summed E-state index contributed by atoms with van der Waals surface area (Å²) >= 11 is 3.40. The number of nitrogens with two attached hydrogens (primary N) is 3. The number of carbonyl (C=O) groups is 5. The first-order valence-corrected chi connectivity index (χ1v) is 32.4. The van der Waals surface area contributed by atoms with Crippen molar-refractivity contribution in [3.63, 3.8) is 0 Å². The standard InChI is InChI=1S/C26H22F2N2O4.C24H18F2N2O4.C19H17BrFNO3.C7H10BNO2.ClH.Li.H2O/c1-2-33-22(31)12-15-6-3-4-9-21(15)30-26(32)20-13-19(25-18(24(20)28)10-11-34-25)17-8-5-7-16(14-29)23(17)27;25-21-14(12-27)5-3-6-15(21)17-11-18(22(26)16-8-9-32-23(16)17)24(31)28-19-7-2-1-4-13(19)10-20(29)30;1-2-24-17(23)10-12-5-3-4-6-16(12)22-11-13-9-15(20)19-14(18(13)21)7-8-25-19;9-5-6-2-1-3-7(4-6)8(10)11;;;/h3-11,13H,2,12,14,29H2,1H3,(H,30,32);1-9,11H,10,12,27H2,(H,28,31)(H,29,30);3-9,22H,2,10-11H2,1H3;1-4,10-11H,5,9H2;1H;;1H2/q;;;;;+1;/p-1. The van der Waals surface area contributed by atoms with Crippen LogP contribution in [0.2, 0.25) is 0 Å². The SMILES string of the molecule is CCOC(=O)Cc1ccccc1NC(=O)c1cc(-c2cccc(CN)c2F)c2occc2c1F.CCOC(=O)Cc1ccccc1NCc1cc(Br)c2occc2c1F.Cl.NCc1cccc(-c2cc(C(=O)Nc3ccccc3CC(=O)O)c(F)c3ccoc23)c1F.NCc1cccc(B(O)O)c1.[Li+].[OH-]. The summed E-state index contributed by atoms with van der Waals surface area (Å²) in [6, 6.07) is 45.2. The summed E-state index contributed by atoms with van der Waals surface area (Å²) < 4.78 is 102. The molecular weight excluding hydrogens is 1450 g/mol. The van der Waals surface area contributed by atoms with Crippen molar-refractivity contribution in [2.45, 2.75) is 59.3 Å². The molecule has 0 radical (unpaired) electrons. The summed E-state index contributed by atoms with van der Waals surface area (Å²) in [5.41, 5.74) is 22.8. The molecule has 12 aromatic rings. The number of amides is 2. The Hall–Kier alpha value is -10.4. The molecule has 0 aliphatic heterocycles. The Kier molecular flexibility index (Phi) is 31.4. The number of para-hydroxylation sites is 3. The largest absolute Gasteiger partial charge is 1.00 e. The van der Waals surface area contributed by atoms with Crippen LogP contribution in [0.1, 0.15) is 73.5 Å². The van der Waals surface area contributed by atoms with Crippen LogP contribution in [-0.4, -0.2) is 70.7 Å². The van der Waals surface area contributed by atoms with Gasteiger partial charge in [0.05, 0.1) is 83.0 Å². The number of carboxylic acids is 1. The average molecular weight is 1520 g/mol. The minimum Gasteiger partial charge on any atom is -0.870 e. The molecule has 20 nitrogen and oxygen atoms in total. The van der Waals surface area contributed by atoms with E-state index in [1.807, 2.05) is 30.3 Å². The molecule has 9 aromatic carbocycles. The molecule has 0 saturated carbocycles. The van der Waals surface area contributed by atoms with E-state index in [0.29, 0.717) is 56.4 Å². The summed E-state index contributed by atoms with van der Waals surface area (Å²) in [6.07, 6.45) is 3.79. The smallest absolute Gasteiger partial charge is 0.870 e. The molecule has 0 fully saturated rings. The minimum atomic E-state index is -1.40. The Bertz CT molecular complexity index is 5050. The number of ether oxygens (including phenoxy) is 2. The molecular formula is C76H69BBrClF5LiN6O14. The molecule has 0 spiro atoms. The second-order valence-electron chi connectivity index (χ2n) is 22.4. The second kappa shape index (κ2) is 39.5. The van der Waals surface area contributed by atoms with Crippen LogP contribution >= 0.6 is 28.3 Å². The zero-order chi connectivity index (χ0) is 73.1. The van der Waals surface area contributed by atoms with Gasteiger partial charge < -0.3 is 76.5 Å². The van der Waals surface area contributed by atoms with E-state index in [2.05, 4.69) is 31.9 Å². The first-order valence-electron chi connectivity index (χ1n) is 31.7. The first-order chi connectivity index (χ1) is 49.2. The van der Waals surface area contributed by atoms with Crippen LogP contribution < -0.4 is 57.5 Å². The average Bonchev–Trinajstić information content (AvgIpc) is 1.74. The number of halogens is 7. The number of rotatable bonds is 21. The van der Waals surface area contributed by atoms with Crippen LogP contribution in [0.3, 0.4) is 0 Å². The molecule has 3 aromatic heterocycles. The van der Waals surface area contributed by atoms with Gasteiger partial charge in [0.2, 0.25) is 0 Å². The number of benzene rings is 9. The molecule has 105 heavy (non-hydrogen) atoms. The van der Waals surface area contributed by atoms with Crippen LogP contribution in [0.4, 0.5) is 39.0 Å². The van der Waals surface area contributed by atoms with Gasteiger partial charge in [0.1, 0.15) is 40.3 Å². The van der Waals surface area contributed by atoms with Gasteiger partial charge in [-0.3, -0.25) is 24.0 Å². The van der Waals surface area contributed by atoms with Crippen LogP contribution in [0, 0.1) is 29.1 Å². The van der Waals surface area contributed by atoms with Crippen molar-refractivity contribution < 1.29 is 108 Å². The van der Waals surface area contributed by atoms with E-state index in [1.54, 1.807) is 105 Å². The Balaban J connectivity index is 0.000000229. The number of aliphatic carboxylic acids is 1. The molecule has 0 unspecified atom stereocenters. The van der Waals surface area contributed by atoms with Crippen LogP contribution in [0.15, 0.2) is 206 Å². The summed E-state index contributed by atoms with van der Waals surface area (Å²) in [7, 11) is -1.40. The number of furan rings is 3. The van der Waals surface area contributed by atoms with Gasteiger partial charge in [0, 0.05) is 82.2 Å². The number of carbonyl (C=O) groups excluding carboxylic acids is 4. The van der Waals surface area contributed by atoms with E-state index >= 15 is 13.2 Å². The maximum absolute atomic E-state index is 15.3. The zero-order valence-electron chi connectivity index (χ0n) is 56.6. The van der Waals surface area contributed by atoms with Gasteiger partial charge in [-0.15, -0.1) is 12.4 Å². The Morgan fingerprint density at radius 3 is 1.32 bits per heavy atom. The third-order valence-electron chi connectivity index (χ3n) is 15.8. The summed E-state index contributed by atoms with van der Waals surface area (Å²) in [6.45, 7) is 4.69. The van der Waals surface area contributed by atoms with Crippen molar-refractivity contribution in [1.29, 1.82) is 0 Å². The van der Waals surface area contributed by atoms with Crippen molar-refractivity contribution in [1.82, 2.24) is 0 Å². The summed E-state index contributed by atoms with van der Waals surface area (Å²) in [4.78, 5) is 60.9. The number of esters is 2. The molecule has 2 amide bonds. The molecule has 0 atom stereocenters. The van der Waals surface area contributed by atoms with Gasteiger partial charge >= 0.3 is 43.9 Å². The molecule has 13 N–H and O–H groups in total. The predicted octanol–water partition coefficient (Wildman–Crippen LogP) is 11.0. The van der Waals surface area contributed by atoms with E-state index in [-0.39, 0.29) is 166 Å². The molecule has 12 rings (SSSR count). The van der Waals surface area contributed by atoms with Crippen LogP contribution in [0.5, 0.6) is 0 Å². The second-order valence-corrected chi connectivity index (χ2v) is 23.3. The third-order valence-corrected chi connectivity index (χ3v) is 16.4.